The second kappa shape index (κ2) is 7.68. The number of carbonyl (C=O) groups is 1. The molecule has 0 spiro atoms. The molecule has 1 saturated heterocycles. The second-order valence-electron chi connectivity index (χ2n) is 6.34. The van der Waals surface area contributed by atoms with Gasteiger partial charge in [0.1, 0.15) is 4.21 Å². The van der Waals surface area contributed by atoms with Crippen LogP contribution in [0.2, 0.25) is 0 Å². The van der Waals surface area contributed by atoms with E-state index in [1.807, 2.05) is 31.2 Å². The van der Waals surface area contributed by atoms with Gasteiger partial charge in [-0.2, -0.15) is 4.31 Å². The number of thiophene rings is 1. The minimum Gasteiger partial charge on any atom is -0.352 e. The van der Waals surface area contributed by atoms with Gasteiger partial charge >= 0.3 is 0 Å². The predicted molar refractivity (Wildman–Crippen MR) is 98.8 cm³/mol. The lowest BCUT2D eigenvalue weighted by Crippen LogP contribution is -2.45. The molecule has 1 aliphatic heterocycles. The van der Waals surface area contributed by atoms with Crippen molar-refractivity contribution in [3.05, 3.63) is 52.9 Å². The standard InChI is InChI=1S/C18H22N2O3S2/c1-14-6-8-15(9-7-14)12-19-18(21)16-4-2-10-20(13-16)25(22,23)17-5-3-11-24-17/h3,5-9,11,16H,2,4,10,12-13H2,1H3,(H,19,21)/t16-/m0/s1. The number of amides is 1. The second-order valence-corrected chi connectivity index (χ2v) is 9.45. The molecule has 5 nitrogen and oxygen atoms in total. The Kier molecular flexibility index (Phi) is 5.56. The summed E-state index contributed by atoms with van der Waals surface area (Å²) in [5.74, 6) is -0.374. The summed E-state index contributed by atoms with van der Waals surface area (Å²) in [7, 11) is -3.49. The van der Waals surface area contributed by atoms with Crippen LogP contribution in [-0.2, 0) is 21.4 Å². The number of piperidine rings is 1. The first kappa shape index (κ1) is 18.1. The first-order valence-corrected chi connectivity index (χ1v) is 10.7. The summed E-state index contributed by atoms with van der Waals surface area (Å²) in [5, 5.41) is 4.69. The van der Waals surface area contributed by atoms with Crippen LogP contribution in [0.5, 0.6) is 0 Å². The lowest BCUT2D eigenvalue weighted by atomic mass is 9.98. The third-order valence-corrected chi connectivity index (χ3v) is 7.67. The SMILES string of the molecule is Cc1ccc(CNC(=O)[C@H]2CCCN(S(=O)(=O)c3cccs3)C2)cc1. The topological polar surface area (TPSA) is 66.5 Å². The van der Waals surface area contributed by atoms with Gasteiger partial charge in [0.05, 0.1) is 5.92 Å². The van der Waals surface area contributed by atoms with Gasteiger partial charge in [-0.25, -0.2) is 8.42 Å². The number of hydrogen-bond donors (Lipinski definition) is 1. The van der Waals surface area contributed by atoms with Crippen molar-refractivity contribution in [2.45, 2.75) is 30.5 Å². The fourth-order valence-electron chi connectivity index (χ4n) is 2.95. The van der Waals surface area contributed by atoms with Crippen molar-refractivity contribution in [1.82, 2.24) is 9.62 Å². The molecule has 2 aromatic rings. The quantitative estimate of drug-likeness (QED) is 0.870. The van der Waals surface area contributed by atoms with Gasteiger partial charge in [0, 0.05) is 19.6 Å². The van der Waals surface area contributed by atoms with E-state index >= 15 is 0 Å². The van der Waals surface area contributed by atoms with Gasteiger partial charge in [-0.05, 0) is 36.8 Å². The fraction of sp³-hybridized carbons (Fsp3) is 0.389. The maximum Gasteiger partial charge on any atom is 0.252 e. The highest BCUT2D eigenvalue weighted by Crippen LogP contribution is 2.26. The van der Waals surface area contributed by atoms with Crippen molar-refractivity contribution in [2.24, 2.45) is 5.92 Å². The molecule has 2 heterocycles. The number of benzene rings is 1. The first-order chi connectivity index (χ1) is 12.0. The van der Waals surface area contributed by atoms with Crippen LogP contribution in [0.4, 0.5) is 0 Å². The summed E-state index contributed by atoms with van der Waals surface area (Å²) in [6, 6.07) is 11.3. The number of rotatable bonds is 5. The highest BCUT2D eigenvalue weighted by molar-refractivity contribution is 7.91. The average Bonchev–Trinajstić information content (AvgIpc) is 3.16. The molecule has 1 atom stereocenters. The summed E-state index contributed by atoms with van der Waals surface area (Å²) in [4.78, 5) is 12.5. The van der Waals surface area contributed by atoms with Crippen molar-refractivity contribution >= 4 is 27.3 Å². The Bertz CT molecular complexity index is 815. The van der Waals surface area contributed by atoms with Crippen molar-refractivity contribution in [3.63, 3.8) is 0 Å². The maximum absolute atomic E-state index is 12.6. The monoisotopic (exact) mass is 378 g/mol. The molecule has 0 aliphatic carbocycles. The summed E-state index contributed by atoms with van der Waals surface area (Å²) < 4.78 is 27.0. The molecule has 7 heteroatoms. The van der Waals surface area contributed by atoms with Crippen molar-refractivity contribution in [1.29, 1.82) is 0 Å². The van der Waals surface area contributed by atoms with E-state index in [1.54, 1.807) is 17.5 Å². The Morgan fingerprint density at radius 1 is 1.28 bits per heavy atom. The van der Waals surface area contributed by atoms with E-state index in [-0.39, 0.29) is 18.4 Å². The van der Waals surface area contributed by atoms with Gasteiger partial charge < -0.3 is 5.32 Å². The third kappa shape index (κ3) is 4.29. The number of aryl methyl sites for hydroxylation is 1. The zero-order chi connectivity index (χ0) is 17.9. The molecule has 0 radical (unpaired) electrons. The molecule has 0 saturated carbocycles. The molecule has 25 heavy (non-hydrogen) atoms. The molecule has 0 bridgehead atoms. The zero-order valence-electron chi connectivity index (χ0n) is 14.1. The van der Waals surface area contributed by atoms with Crippen LogP contribution in [0.25, 0.3) is 0 Å². The first-order valence-electron chi connectivity index (χ1n) is 8.34. The van der Waals surface area contributed by atoms with Gasteiger partial charge in [0.15, 0.2) is 0 Å². The van der Waals surface area contributed by atoms with Crippen LogP contribution in [0.1, 0.15) is 24.0 Å². The molecule has 1 aromatic heterocycles. The highest BCUT2D eigenvalue weighted by Gasteiger charge is 2.33. The summed E-state index contributed by atoms with van der Waals surface area (Å²) >= 11 is 1.21. The molecular weight excluding hydrogens is 356 g/mol. The molecule has 3 rings (SSSR count). The van der Waals surface area contributed by atoms with Crippen LogP contribution in [0.15, 0.2) is 46.0 Å². The van der Waals surface area contributed by atoms with Crippen LogP contribution < -0.4 is 5.32 Å². The zero-order valence-corrected chi connectivity index (χ0v) is 15.8. The van der Waals surface area contributed by atoms with Crippen molar-refractivity contribution < 1.29 is 13.2 Å². The Balaban J connectivity index is 1.61. The Labute approximate surface area is 152 Å². The Hall–Kier alpha value is -1.70. The number of hydrogen-bond acceptors (Lipinski definition) is 4. The number of nitrogens with zero attached hydrogens (tertiary/aromatic N) is 1. The van der Waals surface area contributed by atoms with Gasteiger partial charge in [0.2, 0.25) is 5.91 Å². The maximum atomic E-state index is 12.6. The molecule has 134 valence electrons. The molecule has 1 aliphatic rings. The average molecular weight is 379 g/mol. The summed E-state index contributed by atoms with van der Waals surface area (Å²) in [5.41, 5.74) is 2.22. The molecule has 1 amide bonds. The van der Waals surface area contributed by atoms with E-state index in [0.29, 0.717) is 23.7 Å². The predicted octanol–water partition coefficient (Wildman–Crippen LogP) is 2.77. The van der Waals surface area contributed by atoms with E-state index in [1.165, 1.54) is 21.2 Å². The van der Waals surface area contributed by atoms with E-state index in [2.05, 4.69) is 5.32 Å². The van der Waals surface area contributed by atoms with Gasteiger partial charge in [-0.3, -0.25) is 4.79 Å². The summed E-state index contributed by atoms with van der Waals surface area (Å²) in [6.07, 6.45) is 1.42. The number of sulfonamides is 1. The van der Waals surface area contributed by atoms with Crippen molar-refractivity contribution in [2.75, 3.05) is 13.1 Å². The molecule has 1 fully saturated rings. The van der Waals surface area contributed by atoms with E-state index in [0.717, 1.165) is 12.0 Å². The number of nitrogens with one attached hydrogen (secondary N) is 1. The smallest absolute Gasteiger partial charge is 0.252 e. The van der Waals surface area contributed by atoms with Gasteiger partial charge in [0.25, 0.3) is 10.0 Å². The van der Waals surface area contributed by atoms with E-state index in [9.17, 15) is 13.2 Å². The van der Waals surface area contributed by atoms with Gasteiger partial charge in [-0.1, -0.05) is 35.9 Å². The lowest BCUT2D eigenvalue weighted by molar-refractivity contribution is -0.126. The van der Waals surface area contributed by atoms with Crippen LogP contribution in [0, 0.1) is 12.8 Å². The molecule has 1 N–H and O–H groups in total. The number of carbonyl (C=O) groups excluding carboxylic acids is 1. The molecule has 0 unspecified atom stereocenters. The van der Waals surface area contributed by atoms with Gasteiger partial charge in [-0.15, -0.1) is 11.3 Å². The molecule has 1 aromatic carbocycles. The lowest BCUT2D eigenvalue weighted by Gasteiger charge is -2.30. The van der Waals surface area contributed by atoms with E-state index < -0.39 is 10.0 Å². The largest absolute Gasteiger partial charge is 0.352 e. The Morgan fingerprint density at radius 3 is 2.72 bits per heavy atom. The Morgan fingerprint density at radius 2 is 2.04 bits per heavy atom. The molecular formula is C18H22N2O3S2. The highest BCUT2D eigenvalue weighted by atomic mass is 32.2. The minimum absolute atomic E-state index is 0.0772. The van der Waals surface area contributed by atoms with E-state index in [4.69, 9.17) is 0 Å². The summed E-state index contributed by atoms with van der Waals surface area (Å²) in [6.45, 7) is 3.21. The van der Waals surface area contributed by atoms with Crippen LogP contribution in [-0.4, -0.2) is 31.7 Å². The third-order valence-electron chi connectivity index (χ3n) is 4.43. The normalized spacial score (nSPS) is 18.8. The van der Waals surface area contributed by atoms with Crippen molar-refractivity contribution in [3.8, 4) is 0 Å². The minimum atomic E-state index is -3.49. The van der Waals surface area contributed by atoms with Crippen LogP contribution >= 0.6 is 11.3 Å². The fourth-order valence-corrected chi connectivity index (χ4v) is 5.62. The van der Waals surface area contributed by atoms with Crippen LogP contribution in [0.3, 0.4) is 0 Å².